The molecular formula is C12H20N2O4S. The van der Waals surface area contributed by atoms with Gasteiger partial charge >= 0.3 is 6.09 Å². The van der Waals surface area contributed by atoms with E-state index in [-0.39, 0.29) is 6.54 Å². The largest absolute Gasteiger partial charge is 0.444 e. The Bertz CT molecular complexity index is 367. The number of ether oxygens (including phenoxy) is 1. The van der Waals surface area contributed by atoms with Crippen LogP contribution < -0.4 is 5.32 Å². The number of hydrogen-bond donors (Lipinski definition) is 2. The Kier molecular flexibility index (Phi) is 5.25. The second-order valence-electron chi connectivity index (χ2n) is 5.49. The van der Waals surface area contributed by atoms with Gasteiger partial charge in [0.1, 0.15) is 11.9 Å². The number of carbonyl (C=O) groups excluding carboxylic acids is 2. The van der Waals surface area contributed by atoms with Gasteiger partial charge < -0.3 is 24.9 Å². The predicted octanol–water partition coefficient (Wildman–Crippen LogP) is 0.473. The molecule has 0 aromatic rings. The van der Waals surface area contributed by atoms with Crippen molar-refractivity contribution < 1.29 is 19.4 Å². The molecule has 1 heterocycles. The number of aliphatic hydroxyl groups is 1. The maximum absolute atomic E-state index is 11.5. The Morgan fingerprint density at radius 2 is 2.21 bits per heavy atom. The molecule has 6 nitrogen and oxygen atoms in total. The van der Waals surface area contributed by atoms with Gasteiger partial charge in [0.15, 0.2) is 0 Å². The minimum Gasteiger partial charge on any atom is -0.444 e. The summed E-state index contributed by atoms with van der Waals surface area (Å²) in [5.41, 5.74) is -0.569. The molecule has 1 amide bonds. The van der Waals surface area contributed by atoms with E-state index in [0.717, 1.165) is 6.29 Å². The zero-order chi connectivity index (χ0) is 14.6. The lowest BCUT2D eigenvalue weighted by Gasteiger charge is -2.24. The van der Waals surface area contributed by atoms with Crippen molar-refractivity contribution >= 4 is 29.6 Å². The third-order valence-electron chi connectivity index (χ3n) is 2.58. The van der Waals surface area contributed by atoms with E-state index in [1.165, 1.54) is 0 Å². The Morgan fingerprint density at radius 3 is 2.74 bits per heavy atom. The van der Waals surface area contributed by atoms with Gasteiger partial charge in [-0.15, -0.1) is 0 Å². The molecule has 1 fully saturated rings. The van der Waals surface area contributed by atoms with Crippen molar-refractivity contribution in [3.05, 3.63) is 0 Å². The first-order valence-electron chi connectivity index (χ1n) is 6.12. The number of aliphatic hydroxyl groups excluding tert-OH is 1. The minimum absolute atomic E-state index is 0.112. The fourth-order valence-electron chi connectivity index (χ4n) is 1.82. The van der Waals surface area contributed by atoms with Crippen molar-refractivity contribution in [3.63, 3.8) is 0 Å². The Morgan fingerprint density at radius 1 is 1.58 bits per heavy atom. The van der Waals surface area contributed by atoms with Crippen LogP contribution >= 0.6 is 12.2 Å². The van der Waals surface area contributed by atoms with Gasteiger partial charge in [0, 0.05) is 13.0 Å². The van der Waals surface area contributed by atoms with E-state index < -0.39 is 23.8 Å². The average molecular weight is 288 g/mol. The maximum atomic E-state index is 11.5. The second-order valence-corrected chi connectivity index (χ2v) is 5.97. The highest BCUT2D eigenvalue weighted by molar-refractivity contribution is 7.80. The fourth-order valence-corrected chi connectivity index (χ4v) is 2.10. The highest BCUT2D eigenvalue weighted by atomic mass is 32.1. The fraction of sp³-hybridized carbons (Fsp3) is 0.750. The summed E-state index contributed by atoms with van der Waals surface area (Å²) in [5.74, 6) is 0. The van der Waals surface area contributed by atoms with E-state index in [4.69, 9.17) is 17.0 Å². The van der Waals surface area contributed by atoms with Gasteiger partial charge in [-0.3, -0.25) is 0 Å². The molecule has 2 atom stereocenters. The van der Waals surface area contributed by atoms with Crippen LogP contribution in [0, 0.1) is 0 Å². The first-order valence-corrected chi connectivity index (χ1v) is 6.53. The van der Waals surface area contributed by atoms with Crippen LogP contribution in [0.4, 0.5) is 4.79 Å². The van der Waals surface area contributed by atoms with E-state index in [1.807, 2.05) is 0 Å². The van der Waals surface area contributed by atoms with Gasteiger partial charge in [-0.05, 0) is 20.8 Å². The Balaban J connectivity index is 2.43. The molecule has 0 radical (unpaired) electrons. The topological polar surface area (TPSA) is 78.9 Å². The number of likely N-dealkylation sites (tertiary alicyclic amines) is 1. The summed E-state index contributed by atoms with van der Waals surface area (Å²) in [6.07, 6.45) is 0.0124. The lowest BCUT2D eigenvalue weighted by Crippen LogP contribution is -2.43. The molecule has 0 aromatic carbocycles. The smallest absolute Gasteiger partial charge is 0.408 e. The van der Waals surface area contributed by atoms with Crippen LogP contribution in [0.5, 0.6) is 0 Å². The van der Waals surface area contributed by atoms with Gasteiger partial charge in [0.05, 0.1) is 23.7 Å². The second kappa shape index (κ2) is 6.29. The van der Waals surface area contributed by atoms with E-state index in [9.17, 15) is 14.7 Å². The van der Waals surface area contributed by atoms with Crippen LogP contribution in [-0.4, -0.2) is 58.2 Å². The molecule has 0 saturated carbocycles. The molecule has 1 saturated heterocycles. The third kappa shape index (κ3) is 5.12. The summed E-state index contributed by atoms with van der Waals surface area (Å²) >= 11 is 5.16. The van der Waals surface area contributed by atoms with E-state index >= 15 is 0 Å². The van der Waals surface area contributed by atoms with Crippen LogP contribution in [0.25, 0.3) is 0 Å². The van der Waals surface area contributed by atoms with E-state index in [1.54, 1.807) is 25.7 Å². The molecule has 1 aliphatic rings. The highest BCUT2D eigenvalue weighted by Crippen LogP contribution is 2.16. The zero-order valence-corrected chi connectivity index (χ0v) is 12.2. The van der Waals surface area contributed by atoms with Crippen LogP contribution in [0.3, 0.4) is 0 Å². The van der Waals surface area contributed by atoms with Gasteiger partial charge in [-0.25, -0.2) is 4.79 Å². The van der Waals surface area contributed by atoms with Gasteiger partial charge in [-0.2, -0.15) is 0 Å². The lowest BCUT2D eigenvalue weighted by atomic mass is 10.2. The van der Waals surface area contributed by atoms with Gasteiger partial charge in [0.25, 0.3) is 0 Å². The third-order valence-corrected chi connectivity index (χ3v) is 2.96. The van der Waals surface area contributed by atoms with E-state index in [2.05, 4.69) is 5.32 Å². The monoisotopic (exact) mass is 288 g/mol. The Labute approximate surface area is 118 Å². The quantitative estimate of drug-likeness (QED) is 0.581. The number of hydrogen-bond acceptors (Lipinski definition) is 5. The summed E-state index contributed by atoms with van der Waals surface area (Å²) in [7, 11) is 0. The summed E-state index contributed by atoms with van der Waals surface area (Å²) in [4.78, 5) is 24.4. The lowest BCUT2D eigenvalue weighted by molar-refractivity contribution is -0.110. The number of carbonyl (C=O) groups is 2. The molecule has 2 N–H and O–H groups in total. The van der Waals surface area contributed by atoms with Gasteiger partial charge in [-0.1, -0.05) is 12.2 Å². The maximum Gasteiger partial charge on any atom is 0.408 e. The van der Waals surface area contributed by atoms with Crippen LogP contribution in [0.1, 0.15) is 27.2 Å². The molecule has 0 aromatic heterocycles. The molecule has 0 aliphatic carbocycles. The highest BCUT2D eigenvalue weighted by Gasteiger charge is 2.32. The first-order chi connectivity index (χ1) is 8.73. The standard InChI is InChI=1S/C12H20N2O4S/c1-12(2,3)18-11(17)13-5-10(19)14-6-9(16)4-8(14)7-15/h7-9,16H,4-6H2,1-3H3,(H,13,17)/t8-,9+/m0/s1. The number of nitrogens with one attached hydrogen (secondary N) is 1. The van der Waals surface area contributed by atoms with Crippen LogP contribution in [0.15, 0.2) is 0 Å². The van der Waals surface area contributed by atoms with Crippen LogP contribution in [-0.2, 0) is 9.53 Å². The molecule has 0 bridgehead atoms. The molecular weight excluding hydrogens is 268 g/mol. The van der Waals surface area contributed by atoms with E-state index in [0.29, 0.717) is 18.0 Å². The minimum atomic E-state index is -0.569. The summed E-state index contributed by atoms with van der Waals surface area (Å²) in [6, 6.07) is -0.414. The summed E-state index contributed by atoms with van der Waals surface area (Å²) in [5, 5.41) is 12.0. The van der Waals surface area contributed by atoms with Crippen molar-refractivity contribution in [3.8, 4) is 0 Å². The first kappa shape index (κ1) is 15.8. The average Bonchev–Trinajstić information content (AvgIpc) is 2.65. The van der Waals surface area contributed by atoms with Crippen LogP contribution in [0.2, 0.25) is 0 Å². The SMILES string of the molecule is CC(C)(C)OC(=O)NCC(=S)N1C[C@H](O)C[C@H]1C=O. The van der Waals surface area contributed by atoms with Crippen molar-refractivity contribution in [2.45, 2.75) is 44.9 Å². The number of amides is 1. The van der Waals surface area contributed by atoms with Crippen molar-refractivity contribution in [1.29, 1.82) is 0 Å². The number of alkyl carbamates (subject to hydrolysis) is 1. The molecule has 1 rings (SSSR count). The number of thiocarbonyl (C=S) groups is 1. The zero-order valence-electron chi connectivity index (χ0n) is 11.4. The molecule has 0 spiro atoms. The van der Waals surface area contributed by atoms with Crippen molar-refractivity contribution in [2.75, 3.05) is 13.1 Å². The summed E-state index contributed by atoms with van der Waals surface area (Å²) in [6.45, 7) is 5.73. The number of aldehydes is 1. The van der Waals surface area contributed by atoms with Crippen molar-refractivity contribution in [2.24, 2.45) is 0 Å². The number of rotatable bonds is 3. The number of nitrogens with zero attached hydrogens (tertiary/aromatic N) is 1. The van der Waals surface area contributed by atoms with Gasteiger partial charge in [0.2, 0.25) is 0 Å². The predicted molar refractivity (Wildman–Crippen MR) is 74.0 cm³/mol. The normalized spacial score (nSPS) is 23.1. The molecule has 0 unspecified atom stereocenters. The molecule has 1 aliphatic heterocycles. The Hall–Kier alpha value is -1.21. The molecule has 19 heavy (non-hydrogen) atoms. The summed E-state index contributed by atoms with van der Waals surface area (Å²) < 4.78 is 5.08. The molecule has 108 valence electrons. The number of β-amino-alcohol motifs (C(OH)–C–C–N with tert-alkyl or cyclic N) is 1. The molecule has 7 heteroatoms. The van der Waals surface area contributed by atoms with Crippen molar-refractivity contribution in [1.82, 2.24) is 10.2 Å².